The quantitative estimate of drug-likeness (QED) is 0.427. The van der Waals surface area contributed by atoms with Gasteiger partial charge in [0.15, 0.2) is 0 Å². The number of rotatable bonds is 7. The van der Waals surface area contributed by atoms with Gasteiger partial charge in [-0.05, 0) is 37.3 Å². The first-order valence-electron chi connectivity index (χ1n) is 13.1. The lowest BCUT2D eigenvalue weighted by Crippen LogP contribution is -2.56. The average Bonchev–Trinajstić information content (AvgIpc) is 3.24. The second-order valence-corrected chi connectivity index (χ2v) is 10.9. The van der Waals surface area contributed by atoms with Gasteiger partial charge in [-0.25, -0.2) is 18.7 Å². The molecule has 2 aromatic carbocycles. The Morgan fingerprint density at radius 1 is 1.24 bits per heavy atom. The number of alkyl halides is 1. The Hall–Kier alpha value is -4.47. The fourth-order valence-electron chi connectivity index (χ4n) is 5.34. The molecule has 13 heteroatoms. The highest BCUT2D eigenvalue weighted by Gasteiger charge is 2.49. The lowest BCUT2D eigenvalue weighted by Gasteiger charge is -2.41. The largest absolute Gasteiger partial charge is 0.383 e. The summed E-state index contributed by atoms with van der Waals surface area (Å²) in [5.41, 5.74) is -1.38. The molecular formula is C29H25ClF2N6O4. The molecule has 3 amide bonds. The summed E-state index contributed by atoms with van der Waals surface area (Å²) in [7, 11) is 0. The van der Waals surface area contributed by atoms with Crippen molar-refractivity contribution in [3.63, 3.8) is 0 Å². The van der Waals surface area contributed by atoms with Crippen molar-refractivity contribution in [2.45, 2.75) is 56.1 Å². The minimum atomic E-state index is -1.62. The number of anilines is 2. The molecule has 2 N–H and O–H groups in total. The van der Waals surface area contributed by atoms with Crippen LogP contribution in [0.4, 0.5) is 20.4 Å². The number of aliphatic hydroxyl groups is 1. The molecule has 3 atom stereocenters. The predicted molar refractivity (Wildman–Crippen MR) is 147 cm³/mol. The van der Waals surface area contributed by atoms with Gasteiger partial charge in [-0.15, -0.1) is 0 Å². The van der Waals surface area contributed by atoms with Crippen LogP contribution in [0.15, 0.2) is 60.8 Å². The van der Waals surface area contributed by atoms with E-state index >= 15 is 0 Å². The number of aromatic nitrogens is 2. The minimum absolute atomic E-state index is 0.0375. The maximum absolute atomic E-state index is 14.6. The normalized spacial score (nSPS) is 24.0. The number of nitrogens with one attached hydrogen (secondary N) is 1. The second-order valence-electron chi connectivity index (χ2n) is 10.5. The average molecular weight is 595 g/mol. The number of hydrogen-bond donors (Lipinski definition) is 2. The first-order chi connectivity index (χ1) is 20.0. The van der Waals surface area contributed by atoms with Gasteiger partial charge in [0, 0.05) is 47.8 Å². The van der Waals surface area contributed by atoms with E-state index in [9.17, 15) is 33.5 Å². The number of halogens is 3. The van der Waals surface area contributed by atoms with Crippen LogP contribution >= 0.6 is 11.6 Å². The molecule has 216 valence electrons. The number of carbonyl (C=O) groups excluding carboxylic acids is 3. The van der Waals surface area contributed by atoms with Gasteiger partial charge in [0.25, 0.3) is 11.8 Å². The van der Waals surface area contributed by atoms with Crippen molar-refractivity contribution in [3.8, 4) is 6.07 Å². The molecule has 2 aliphatic rings. The Morgan fingerprint density at radius 2 is 1.98 bits per heavy atom. The number of nitriles is 1. The number of amides is 3. The topological polar surface area (TPSA) is 140 Å². The van der Waals surface area contributed by atoms with Gasteiger partial charge in [0.2, 0.25) is 11.9 Å². The molecule has 1 saturated carbocycles. The number of carbonyl (C=O) groups is 3. The van der Waals surface area contributed by atoms with Gasteiger partial charge >= 0.3 is 0 Å². The highest BCUT2D eigenvalue weighted by Crippen LogP contribution is 2.38. The summed E-state index contributed by atoms with van der Waals surface area (Å²) in [6.07, 6.45) is -0.671. The summed E-state index contributed by atoms with van der Waals surface area (Å²) in [5.74, 6) is -3.48. The molecule has 42 heavy (non-hydrogen) atoms. The van der Waals surface area contributed by atoms with Gasteiger partial charge in [0.1, 0.15) is 41.4 Å². The summed E-state index contributed by atoms with van der Waals surface area (Å²) in [5, 5.41) is 22.7. The fraction of sp³-hybridized carbons (Fsp3) is 0.310. The van der Waals surface area contributed by atoms with Crippen LogP contribution in [0.5, 0.6) is 0 Å². The van der Waals surface area contributed by atoms with Crippen molar-refractivity contribution in [2.24, 2.45) is 0 Å². The van der Waals surface area contributed by atoms with Crippen molar-refractivity contribution in [1.82, 2.24) is 15.3 Å². The summed E-state index contributed by atoms with van der Waals surface area (Å²) in [6, 6.07) is 10.9. The molecule has 0 bridgehead atoms. The summed E-state index contributed by atoms with van der Waals surface area (Å²) < 4.78 is 28.8. The number of hydrogen-bond acceptors (Lipinski definition) is 7. The zero-order valence-electron chi connectivity index (χ0n) is 22.2. The molecule has 3 aromatic rings. The molecule has 1 aliphatic carbocycles. The predicted octanol–water partition coefficient (Wildman–Crippen LogP) is 3.39. The zero-order chi connectivity index (χ0) is 30.2. The second kappa shape index (κ2) is 11.4. The van der Waals surface area contributed by atoms with Gasteiger partial charge in [-0.3, -0.25) is 24.2 Å². The van der Waals surface area contributed by atoms with E-state index in [1.54, 1.807) is 12.1 Å². The standard InChI is InChI=1S/C29H25ClF2N6O4/c1-29(32)13-18(14-29)35-25(40)24(20-7-2-3-8-21(20)30)37(19-6-4-5-16(31)11-19)26(41)22-12-23(39)27(42)38(22)28-34-10-9-17(15-33)36-28/h2-11,18,22-24,39H,12-14H2,1H3,(H,35,40)/t18?,22-,23+,24-,29?/m0/s1. The number of aliphatic hydroxyl groups excluding tert-OH is 1. The maximum Gasteiger partial charge on any atom is 0.259 e. The molecule has 1 saturated heterocycles. The zero-order valence-corrected chi connectivity index (χ0v) is 23.0. The van der Waals surface area contributed by atoms with Gasteiger partial charge < -0.3 is 10.4 Å². The summed E-state index contributed by atoms with van der Waals surface area (Å²) >= 11 is 6.52. The van der Waals surface area contributed by atoms with E-state index in [1.165, 1.54) is 43.5 Å². The van der Waals surface area contributed by atoms with Crippen molar-refractivity contribution >= 4 is 41.0 Å². The third-order valence-corrected chi connectivity index (χ3v) is 7.60. The Labute approximate surface area is 244 Å². The smallest absolute Gasteiger partial charge is 0.259 e. The molecule has 0 radical (unpaired) electrons. The van der Waals surface area contributed by atoms with Crippen molar-refractivity contribution in [1.29, 1.82) is 5.26 Å². The van der Waals surface area contributed by atoms with E-state index in [-0.39, 0.29) is 40.8 Å². The summed E-state index contributed by atoms with van der Waals surface area (Å²) in [4.78, 5) is 51.4. The van der Waals surface area contributed by atoms with Crippen LogP contribution in [0.1, 0.15) is 43.5 Å². The van der Waals surface area contributed by atoms with Crippen LogP contribution in [-0.2, 0) is 14.4 Å². The van der Waals surface area contributed by atoms with E-state index < -0.39 is 59.9 Å². The van der Waals surface area contributed by atoms with E-state index in [4.69, 9.17) is 11.6 Å². The number of benzene rings is 2. The third kappa shape index (κ3) is 5.66. The number of nitrogens with zero attached hydrogens (tertiary/aromatic N) is 5. The first-order valence-corrected chi connectivity index (χ1v) is 13.4. The van der Waals surface area contributed by atoms with Crippen LogP contribution in [0.3, 0.4) is 0 Å². The van der Waals surface area contributed by atoms with Crippen molar-refractivity contribution in [3.05, 3.63) is 82.9 Å². The Bertz CT molecular complexity index is 1590. The fourth-order valence-corrected chi connectivity index (χ4v) is 5.58. The molecular weight excluding hydrogens is 570 g/mol. The van der Waals surface area contributed by atoms with Crippen molar-refractivity contribution in [2.75, 3.05) is 9.80 Å². The van der Waals surface area contributed by atoms with Crippen LogP contribution in [-0.4, -0.2) is 56.7 Å². The lowest BCUT2D eigenvalue weighted by molar-refractivity contribution is -0.129. The van der Waals surface area contributed by atoms with Crippen molar-refractivity contribution < 1.29 is 28.3 Å². The van der Waals surface area contributed by atoms with E-state index in [1.807, 2.05) is 6.07 Å². The Morgan fingerprint density at radius 3 is 2.64 bits per heavy atom. The molecule has 5 rings (SSSR count). The van der Waals surface area contributed by atoms with Gasteiger partial charge in [-0.2, -0.15) is 5.26 Å². The lowest BCUT2D eigenvalue weighted by atomic mass is 9.78. The highest BCUT2D eigenvalue weighted by atomic mass is 35.5. The van der Waals surface area contributed by atoms with E-state index in [0.29, 0.717) is 0 Å². The Balaban J connectivity index is 1.63. The molecule has 0 spiro atoms. The molecule has 10 nitrogen and oxygen atoms in total. The molecule has 2 heterocycles. The molecule has 1 aliphatic heterocycles. The Kier molecular flexibility index (Phi) is 7.90. The third-order valence-electron chi connectivity index (χ3n) is 7.26. The molecule has 0 unspecified atom stereocenters. The van der Waals surface area contributed by atoms with Gasteiger partial charge in [-0.1, -0.05) is 35.9 Å². The van der Waals surface area contributed by atoms with E-state index in [0.717, 1.165) is 21.9 Å². The minimum Gasteiger partial charge on any atom is -0.383 e. The van der Waals surface area contributed by atoms with Crippen LogP contribution in [0, 0.1) is 17.1 Å². The van der Waals surface area contributed by atoms with Crippen LogP contribution in [0.25, 0.3) is 0 Å². The van der Waals surface area contributed by atoms with Crippen LogP contribution < -0.4 is 15.1 Å². The SMILES string of the molecule is CC1(F)CC(NC(=O)[C@H](c2ccccc2Cl)N(C(=O)[C@@H]2C[C@@H](O)C(=O)N2c2nccc(C#N)n2)c2cccc(F)c2)C1. The molecule has 2 fully saturated rings. The van der Waals surface area contributed by atoms with Gasteiger partial charge in [0.05, 0.1) is 0 Å². The highest BCUT2D eigenvalue weighted by molar-refractivity contribution is 6.31. The molecule has 1 aromatic heterocycles. The monoisotopic (exact) mass is 594 g/mol. The van der Waals surface area contributed by atoms with Crippen LogP contribution in [0.2, 0.25) is 5.02 Å². The summed E-state index contributed by atoms with van der Waals surface area (Å²) in [6.45, 7) is 1.42. The first kappa shape index (κ1) is 29.0. The maximum atomic E-state index is 14.6. The van der Waals surface area contributed by atoms with E-state index in [2.05, 4.69) is 15.3 Å².